The molecule has 0 unspecified atom stereocenters. The molecule has 1 saturated heterocycles. The molecular weight excluding hydrogens is 309 g/mol. The highest BCUT2D eigenvalue weighted by atomic mass is 19.1. The molecule has 0 bridgehead atoms. The van der Waals surface area contributed by atoms with Crippen LogP contribution in [-0.4, -0.2) is 41.6 Å². The first-order valence-electron chi connectivity index (χ1n) is 7.99. The summed E-state index contributed by atoms with van der Waals surface area (Å²) in [5.41, 5.74) is 1.05. The number of piperazine rings is 1. The largest absolute Gasteiger partial charge is 0.366 e. The Morgan fingerprint density at radius 3 is 2.50 bits per heavy atom. The van der Waals surface area contributed by atoms with E-state index < -0.39 is 0 Å². The number of amides is 1. The molecule has 1 aromatic carbocycles. The number of carbonyl (C=O) groups is 1. The number of pyridine rings is 1. The SMILES string of the molecule is Cc1cccn(CC(=O)N2CCN(c3ccccc3F)CC2)c1=O. The van der Waals surface area contributed by atoms with E-state index in [2.05, 4.69) is 0 Å². The molecular formula is C18H20FN3O2. The fourth-order valence-corrected chi connectivity index (χ4v) is 2.93. The van der Waals surface area contributed by atoms with Crippen LogP contribution < -0.4 is 10.5 Å². The maximum atomic E-state index is 13.8. The Kier molecular flexibility index (Phi) is 4.64. The van der Waals surface area contributed by atoms with E-state index in [1.54, 1.807) is 48.4 Å². The highest BCUT2D eigenvalue weighted by Crippen LogP contribution is 2.20. The number of anilines is 1. The number of para-hydroxylation sites is 1. The molecule has 2 heterocycles. The van der Waals surface area contributed by atoms with Gasteiger partial charge in [0.25, 0.3) is 5.56 Å². The molecule has 0 spiro atoms. The monoisotopic (exact) mass is 329 g/mol. The zero-order chi connectivity index (χ0) is 17.1. The number of benzene rings is 1. The van der Waals surface area contributed by atoms with Gasteiger partial charge in [-0.25, -0.2) is 4.39 Å². The number of halogens is 1. The third-order valence-corrected chi connectivity index (χ3v) is 4.34. The summed E-state index contributed by atoms with van der Waals surface area (Å²) in [4.78, 5) is 28.1. The molecule has 1 aromatic heterocycles. The van der Waals surface area contributed by atoms with Crippen LogP contribution in [0.25, 0.3) is 0 Å². The van der Waals surface area contributed by atoms with Crippen molar-refractivity contribution in [2.75, 3.05) is 31.1 Å². The van der Waals surface area contributed by atoms with E-state index in [1.807, 2.05) is 4.90 Å². The minimum absolute atomic E-state index is 0.0419. The summed E-state index contributed by atoms with van der Waals surface area (Å²) in [7, 11) is 0. The predicted molar refractivity (Wildman–Crippen MR) is 90.6 cm³/mol. The average molecular weight is 329 g/mol. The van der Waals surface area contributed by atoms with E-state index in [4.69, 9.17) is 0 Å². The summed E-state index contributed by atoms with van der Waals surface area (Å²) in [6.07, 6.45) is 1.63. The van der Waals surface area contributed by atoms with Gasteiger partial charge in [-0.15, -0.1) is 0 Å². The summed E-state index contributed by atoms with van der Waals surface area (Å²) in [5.74, 6) is -0.334. The van der Waals surface area contributed by atoms with Gasteiger partial charge in [-0.3, -0.25) is 9.59 Å². The van der Waals surface area contributed by atoms with Crippen LogP contribution in [-0.2, 0) is 11.3 Å². The molecule has 0 N–H and O–H groups in total. The first kappa shape index (κ1) is 16.2. The first-order chi connectivity index (χ1) is 11.6. The van der Waals surface area contributed by atoms with Crippen LogP contribution in [0.1, 0.15) is 5.56 Å². The van der Waals surface area contributed by atoms with Crippen molar-refractivity contribution in [2.45, 2.75) is 13.5 Å². The molecule has 3 rings (SSSR count). The first-order valence-corrected chi connectivity index (χ1v) is 7.99. The second-order valence-corrected chi connectivity index (χ2v) is 5.94. The number of nitrogens with zero attached hydrogens (tertiary/aromatic N) is 3. The number of aromatic nitrogens is 1. The third kappa shape index (κ3) is 3.32. The van der Waals surface area contributed by atoms with Crippen LogP contribution in [0.15, 0.2) is 47.4 Å². The second-order valence-electron chi connectivity index (χ2n) is 5.94. The fraction of sp³-hybridized carbons (Fsp3) is 0.333. The van der Waals surface area contributed by atoms with Gasteiger partial charge < -0.3 is 14.4 Å². The van der Waals surface area contributed by atoms with Crippen molar-refractivity contribution in [3.05, 3.63) is 64.3 Å². The van der Waals surface area contributed by atoms with Gasteiger partial charge >= 0.3 is 0 Å². The van der Waals surface area contributed by atoms with Crippen molar-refractivity contribution in [3.63, 3.8) is 0 Å². The summed E-state index contributed by atoms with van der Waals surface area (Å²) < 4.78 is 15.3. The van der Waals surface area contributed by atoms with Gasteiger partial charge in [0, 0.05) is 37.9 Å². The zero-order valence-electron chi connectivity index (χ0n) is 13.6. The van der Waals surface area contributed by atoms with Gasteiger partial charge in [0.1, 0.15) is 12.4 Å². The van der Waals surface area contributed by atoms with Crippen molar-refractivity contribution in [3.8, 4) is 0 Å². The molecule has 5 nitrogen and oxygen atoms in total. The lowest BCUT2D eigenvalue weighted by atomic mass is 10.2. The van der Waals surface area contributed by atoms with Crippen molar-refractivity contribution < 1.29 is 9.18 Å². The van der Waals surface area contributed by atoms with Crippen LogP contribution in [0.4, 0.5) is 10.1 Å². The second kappa shape index (κ2) is 6.86. The summed E-state index contributed by atoms with van der Waals surface area (Å²) in [6.45, 7) is 3.98. The fourth-order valence-electron chi connectivity index (χ4n) is 2.93. The Morgan fingerprint density at radius 1 is 1.08 bits per heavy atom. The van der Waals surface area contributed by atoms with Crippen molar-refractivity contribution in [1.29, 1.82) is 0 Å². The quantitative estimate of drug-likeness (QED) is 0.860. The normalized spacial score (nSPS) is 14.8. The van der Waals surface area contributed by atoms with Crippen LogP contribution in [0.3, 0.4) is 0 Å². The Hall–Kier alpha value is -2.63. The molecule has 126 valence electrons. The Bertz CT molecular complexity index is 795. The van der Waals surface area contributed by atoms with E-state index in [0.717, 1.165) is 0 Å². The topological polar surface area (TPSA) is 45.6 Å². The molecule has 0 radical (unpaired) electrons. The summed E-state index contributed by atoms with van der Waals surface area (Å²) in [6, 6.07) is 10.2. The van der Waals surface area contributed by atoms with Crippen LogP contribution >= 0.6 is 0 Å². The highest BCUT2D eigenvalue weighted by Gasteiger charge is 2.22. The van der Waals surface area contributed by atoms with Gasteiger partial charge in [0.15, 0.2) is 0 Å². The lowest BCUT2D eigenvalue weighted by molar-refractivity contribution is -0.132. The minimum Gasteiger partial charge on any atom is -0.366 e. The number of hydrogen-bond acceptors (Lipinski definition) is 3. The number of aryl methyl sites for hydroxylation is 1. The van der Waals surface area contributed by atoms with Crippen LogP contribution in [0.2, 0.25) is 0 Å². The third-order valence-electron chi connectivity index (χ3n) is 4.34. The summed E-state index contributed by atoms with van der Waals surface area (Å²) in [5, 5.41) is 0. The molecule has 1 aliphatic heterocycles. The Balaban J connectivity index is 1.62. The average Bonchev–Trinajstić information content (AvgIpc) is 2.59. The van der Waals surface area contributed by atoms with Gasteiger partial charge in [-0.1, -0.05) is 18.2 Å². The predicted octanol–water partition coefficient (Wildman–Crippen LogP) is 1.64. The van der Waals surface area contributed by atoms with Crippen molar-refractivity contribution >= 4 is 11.6 Å². The molecule has 6 heteroatoms. The zero-order valence-corrected chi connectivity index (χ0v) is 13.6. The van der Waals surface area contributed by atoms with E-state index in [1.165, 1.54) is 10.6 Å². The maximum absolute atomic E-state index is 13.8. The van der Waals surface area contributed by atoms with E-state index in [0.29, 0.717) is 37.4 Å². The molecule has 0 saturated carbocycles. The molecule has 1 fully saturated rings. The van der Waals surface area contributed by atoms with Crippen LogP contribution in [0.5, 0.6) is 0 Å². The lowest BCUT2D eigenvalue weighted by Gasteiger charge is -2.36. The molecule has 24 heavy (non-hydrogen) atoms. The van der Waals surface area contributed by atoms with E-state index in [-0.39, 0.29) is 23.8 Å². The van der Waals surface area contributed by atoms with Gasteiger partial charge in [-0.2, -0.15) is 0 Å². The molecule has 2 aromatic rings. The van der Waals surface area contributed by atoms with Gasteiger partial charge in [-0.05, 0) is 25.1 Å². The number of carbonyl (C=O) groups excluding carboxylic acids is 1. The van der Waals surface area contributed by atoms with E-state index in [9.17, 15) is 14.0 Å². The van der Waals surface area contributed by atoms with Crippen LogP contribution in [0, 0.1) is 12.7 Å². The Labute approximate surface area is 139 Å². The van der Waals surface area contributed by atoms with Crippen molar-refractivity contribution in [1.82, 2.24) is 9.47 Å². The van der Waals surface area contributed by atoms with Gasteiger partial charge in [0.2, 0.25) is 5.91 Å². The lowest BCUT2D eigenvalue weighted by Crippen LogP contribution is -2.50. The number of hydrogen-bond donors (Lipinski definition) is 0. The van der Waals surface area contributed by atoms with Gasteiger partial charge in [0.05, 0.1) is 5.69 Å². The maximum Gasteiger partial charge on any atom is 0.253 e. The molecule has 0 aliphatic carbocycles. The smallest absolute Gasteiger partial charge is 0.253 e. The molecule has 0 atom stereocenters. The minimum atomic E-state index is -0.247. The Morgan fingerprint density at radius 2 is 1.79 bits per heavy atom. The standard InChI is InChI=1S/C18H20FN3O2/c1-14-5-4-8-22(18(14)24)13-17(23)21-11-9-20(10-12-21)16-7-3-2-6-15(16)19/h2-8H,9-13H2,1H3. The number of rotatable bonds is 3. The van der Waals surface area contributed by atoms with E-state index >= 15 is 0 Å². The van der Waals surface area contributed by atoms with Crippen molar-refractivity contribution in [2.24, 2.45) is 0 Å². The highest BCUT2D eigenvalue weighted by molar-refractivity contribution is 5.76. The summed E-state index contributed by atoms with van der Waals surface area (Å²) >= 11 is 0. The molecule has 1 aliphatic rings. The molecule has 1 amide bonds.